The molecule has 0 amide bonds. The second-order valence-corrected chi connectivity index (χ2v) is 8.47. The van der Waals surface area contributed by atoms with Gasteiger partial charge in [-0.25, -0.2) is 4.79 Å². The number of fused-ring (bicyclic) bond motifs is 1. The zero-order chi connectivity index (χ0) is 18.3. The molecule has 1 saturated carbocycles. The topological polar surface area (TPSA) is 50.3 Å². The van der Waals surface area contributed by atoms with Crippen molar-refractivity contribution in [3.63, 3.8) is 0 Å². The first kappa shape index (κ1) is 17.8. The van der Waals surface area contributed by atoms with Gasteiger partial charge in [0.15, 0.2) is 0 Å². The fraction of sp³-hybridized carbons (Fsp3) is 0.667. The van der Waals surface area contributed by atoms with Gasteiger partial charge in [-0.1, -0.05) is 6.07 Å². The third kappa shape index (κ3) is 3.12. The Bertz CT molecular complexity index is 821. The fourth-order valence-corrected chi connectivity index (χ4v) is 5.02. The van der Waals surface area contributed by atoms with Gasteiger partial charge in [-0.15, -0.1) is 0 Å². The van der Waals surface area contributed by atoms with Crippen LogP contribution in [0.25, 0.3) is 11.0 Å². The number of benzene rings is 1. The number of imidazole rings is 1. The molecule has 0 bridgehead atoms. The van der Waals surface area contributed by atoms with Crippen molar-refractivity contribution in [2.24, 2.45) is 0 Å². The number of nitrogens with one attached hydrogen (secondary N) is 1. The molecule has 5 nitrogen and oxygen atoms in total. The van der Waals surface area contributed by atoms with Crippen molar-refractivity contribution in [1.29, 1.82) is 0 Å². The summed E-state index contributed by atoms with van der Waals surface area (Å²) in [4.78, 5) is 18.2. The van der Waals surface area contributed by atoms with E-state index in [9.17, 15) is 4.79 Å². The molecule has 0 atom stereocenters. The first-order valence-electron chi connectivity index (χ1n) is 9.99. The normalized spacial score (nSPS) is 28.7. The van der Waals surface area contributed by atoms with Gasteiger partial charge in [-0.3, -0.25) is 9.47 Å². The number of nitrogens with zero attached hydrogens (tertiary/aromatic N) is 2. The first-order valence-corrected chi connectivity index (χ1v) is 9.99. The second-order valence-electron chi connectivity index (χ2n) is 8.47. The monoisotopic (exact) mass is 357 g/mol. The molecule has 2 aliphatic rings. The fourth-order valence-electron chi connectivity index (χ4n) is 5.02. The molecule has 4 rings (SSSR count). The lowest BCUT2D eigenvalue weighted by atomic mass is 9.79. The van der Waals surface area contributed by atoms with Gasteiger partial charge in [0.05, 0.1) is 17.1 Å². The zero-order valence-corrected chi connectivity index (χ0v) is 16.3. The lowest BCUT2D eigenvalue weighted by molar-refractivity contribution is -0.0146. The molecule has 1 saturated heterocycles. The zero-order valence-electron chi connectivity index (χ0n) is 16.3. The number of aromatic amines is 1. The first-order chi connectivity index (χ1) is 12.5. The van der Waals surface area contributed by atoms with Crippen molar-refractivity contribution in [2.75, 3.05) is 20.2 Å². The van der Waals surface area contributed by atoms with Gasteiger partial charge < -0.3 is 9.72 Å². The summed E-state index contributed by atoms with van der Waals surface area (Å²) < 4.78 is 7.55. The van der Waals surface area contributed by atoms with E-state index in [1.54, 1.807) is 0 Å². The Morgan fingerprint density at radius 2 is 1.85 bits per heavy atom. The molecule has 1 aromatic carbocycles. The number of ether oxygens (including phenoxy) is 1. The van der Waals surface area contributed by atoms with Crippen LogP contribution in [0, 0.1) is 6.92 Å². The molecule has 2 fully saturated rings. The molecule has 2 aromatic rings. The number of aromatic nitrogens is 2. The van der Waals surface area contributed by atoms with Crippen molar-refractivity contribution in [3.8, 4) is 0 Å². The maximum atomic E-state index is 12.5. The minimum Gasteiger partial charge on any atom is -0.381 e. The summed E-state index contributed by atoms with van der Waals surface area (Å²) in [6, 6.07) is 6.51. The summed E-state index contributed by atoms with van der Waals surface area (Å²) in [6.07, 6.45) is 7.27. The van der Waals surface area contributed by atoms with Gasteiger partial charge in [0.2, 0.25) is 0 Å². The smallest absolute Gasteiger partial charge is 0.326 e. The molecule has 1 aliphatic heterocycles. The predicted octanol–water partition coefficient (Wildman–Crippen LogP) is 3.62. The molecule has 0 radical (unpaired) electrons. The molecular weight excluding hydrogens is 326 g/mol. The number of likely N-dealkylation sites (tertiary alicyclic amines) is 1. The Labute approximate surface area is 155 Å². The Morgan fingerprint density at radius 3 is 2.50 bits per heavy atom. The van der Waals surface area contributed by atoms with E-state index >= 15 is 0 Å². The molecule has 142 valence electrons. The largest absolute Gasteiger partial charge is 0.381 e. The van der Waals surface area contributed by atoms with Crippen molar-refractivity contribution < 1.29 is 4.74 Å². The predicted molar refractivity (Wildman–Crippen MR) is 105 cm³/mol. The van der Waals surface area contributed by atoms with Gasteiger partial charge in [0.25, 0.3) is 0 Å². The van der Waals surface area contributed by atoms with Crippen LogP contribution in [-0.4, -0.2) is 46.3 Å². The number of H-pyrrole nitrogens is 1. The molecule has 1 aromatic heterocycles. The van der Waals surface area contributed by atoms with Crippen LogP contribution in [0.5, 0.6) is 0 Å². The summed E-state index contributed by atoms with van der Waals surface area (Å²) in [6.45, 7) is 6.65. The van der Waals surface area contributed by atoms with E-state index in [0.717, 1.165) is 49.8 Å². The number of rotatable bonds is 3. The van der Waals surface area contributed by atoms with Crippen LogP contribution >= 0.6 is 0 Å². The highest BCUT2D eigenvalue weighted by molar-refractivity contribution is 5.76. The number of hydrogen-bond donors (Lipinski definition) is 1. The van der Waals surface area contributed by atoms with Crippen LogP contribution in [0.15, 0.2) is 23.0 Å². The van der Waals surface area contributed by atoms with E-state index in [0.29, 0.717) is 17.7 Å². The van der Waals surface area contributed by atoms with E-state index in [1.807, 2.05) is 17.7 Å². The minimum atomic E-state index is 0.0378. The molecular formula is C21H31N3O2. The quantitative estimate of drug-likeness (QED) is 0.913. The lowest BCUT2D eigenvalue weighted by Crippen LogP contribution is -2.52. The molecule has 26 heavy (non-hydrogen) atoms. The molecule has 0 spiro atoms. The van der Waals surface area contributed by atoms with Crippen LogP contribution in [-0.2, 0) is 4.74 Å². The van der Waals surface area contributed by atoms with Crippen LogP contribution < -0.4 is 5.69 Å². The van der Waals surface area contributed by atoms with Crippen LogP contribution in [0.4, 0.5) is 0 Å². The van der Waals surface area contributed by atoms with Gasteiger partial charge in [-0.2, -0.15) is 0 Å². The number of hydrogen-bond acceptors (Lipinski definition) is 3. The van der Waals surface area contributed by atoms with Crippen molar-refractivity contribution in [3.05, 3.63) is 34.2 Å². The third-order valence-electron chi connectivity index (χ3n) is 6.81. The number of piperidine rings is 1. The van der Waals surface area contributed by atoms with E-state index in [4.69, 9.17) is 4.74 Å². The summed E-state index contributed by atoms with van der Waals surface area (Å²) >= 11 is 0. The minimum absolute atomic E-state index is 0.0378. The number of aryl methyl sites for hydroxylation is 1. The van der Waals surface area contributed by atoms with Gasteiger partial charge in [0, 0.05) is 31.8 Å². The molecule has 0 unspecified atom stereocenters. The molecule has 2 heterocycles. The van der Waals surface area contributed by atoms with Crippen LogP contribution in [0.1, 0.15) is 57.1 Å². The summed E-state index contributed by atoms with van der Waals surface area (Å²) in [5.74, 6) is 0. The standard InChI is InChI=1S/C21H31N3O2/c1-15-4-5-18-19(14-15)24(20(25)22-18)16-8-12-23(13-9-16)21(2)10-6-17(26-3)7-11-21/h4-5,14,16-17H,6-13H2,1-3H3,(H,22,25)/t17-,21+. The Balaban J connectivity index is 1.48. The van der Waals surface area contributed by atoms with Crippen molar-refractivity contribution in [1.82, 2.24) is 14.5 Å². The maximum absolute atomic E-state index is 12.5. The SMILES string of the molecule is CO[C@H]1CC[C@@](C)(N2CCC(n3c(=O)[nH]c4ccc(C)cc43)CC2)CC1. The van der Waals surface area contributed by atoms with Gasteiger partial charge in [0.1, 0.15) is 0 Å². The van der Waals surface area contributed by atoms with Crippen LogP contribution in [0.3, 0.4) is 0 Å². The van der Waals surface area contributed by atoms with Gasteiger partial charge in [-0.05, 0) is 70.1 Å². The number of methoxy groups -OCH3 is 1. The van der Waals surface area contributed by atoms with Crippen molar-refractivity contribution >= 4 is 11.0 Å². The summed E-state index contributed by atoms with van der Waals surface area (Å²) in [5.41, 5.74) is 3.54. The Hall–Kier alpha value is -1.59. The Kier molecular flexibility index (Phi) is 4.70. The van der Waals surface area contributed by atoms with E-state index in [-0.39, 0.29) is 5.69 Å². The lowest BCUT2D eigenvalue weighted by Gasteiger charge is -2.48. The highest BCUT2D eigenvalue weighted by atomic mass is 16.5. The van der Waals surface area contributed by atoms with Gasteiger partial charge >= 0.3 is 5.69 Å². The average Bonchev–Trinajstić information content (AvgIpc) is 2.97. The van der Waals surface area contributed by atoms with E-state index < -0.39 is 0 Å². The van der Waals surface area contributed by atoms with Crippen LogP contribution in [0.2, 0.25) is 0 Å². The second kappa shape index (κ2) is 6.86. The maximum Gasteiger partial charge on any atom is 0.326 e. The summed E-state index contributed by atoms with van der Waals surface area (Å²) in [5, 5.41) is 0. The Morgan fingerprint density at radius 1 is 1.15 bits per heavy atom. The molecule has 5 heteroatoms. The summed E-state index contributed by atoms with van der Waals surface area (Å²) in [7, 11) is 1.83. The van der Waals surface area contributed by atoms with E-state index in [2.05, 4.69) is 35.9 Å². The highest BCUT2D eigenvalue weighted by Gasteiger charge is 2.38. The highest BCUT2D eigenvalue weighted by Crippen LogP contribution is 2.37. The van der Waals surface area contributed by atoms with Crippen molar-refractivity contribution in [2.45, 2.75) is 70.1 Å². The molecule has 1 aliphatic carbocycles. The van der Waals surface area contributed by atoms with E-state index in [1.165, 1.54) is 18.4 Å². The third-order valence-corrected chi connectivity index (χ3v) is 6.81. The molecule has 1 N–H and O–H groups in total. The average molecular weight is 357 g/mol.